The fourth-order valence-electron chi connectivity index (χ4n) is 4.63. The molecule has 0 radical (unpaired) electrons. The minimum absolute atomic E-state index is 0.247. The molecular weight excluding hydrogens is 234 g/mol. The molecule has 0 spiro atoms. The quantitative estimate of drug-likeness (QED) is 0.880. The van der Waals surface area contributed by atoms with Crippen LogP contribution in [0.5, 0.6) is 5.75 Å². The maximum absolute atomic E-state index is 9.85. The predicted molar refractivity (Wildman–Crippen MR) is 78.6 cm³/mol. The van der Waals surface area contributed by atoms with Crippen LogP contribution >= 0.6 is 0 Å². The Balaban J connectivity index is 2.12. The molecule has 0 amide bonds. The number of nitrogens with zero attached hydrogens (tertiary/aromatic N) is 1. The fourth-order valence-corrected chi connectivity index (χ4v) is 4.63. The molecule has 2 bridgehead atoms. The highest BCUT2D eigenvalue weighted by Crippen LogP contribution is 2.50. The van der Waals surface area contributed by atoms with E-state index >= 15 is 0 Å². The topological polar surface area (TPSA) is 23.5 Å². The summed E-state index contributed by atoms with van der Waals surface area (Å²) in [5.41, 5.74) is 3.11. The Kier molecular flexibility index (Phi) is 3.09. The molecule has 1 aromatic rings. The Morgan fingerprint density at radius 1 is 1.37 bits per heavy atom. The summed E-state index contributed by atoms with van der Waals surface area (Å²) in [7, 11) is 0. The van der Waals surface area contributed by atoms with Crippen LogP contribution in [0.2, 0.25) is 0 Å². The minimum Gasteiger partial charge on any atom is -0.508 e. The van der Waals surface area contributed by atoms with Crippen molar-refractivity contribution in [3.8, 4) is 5.75 Å². The molecule has 3 atom stereocenters. The van der Waals surface area contributed by atoms with E-state index in [2.05, 4.69) is 31.7 Å². The van der Waals surface area contributed by atoms with Crippen LogP contribution in [0.3, 0.4) is 0 Å². The largest absolute Gasteiger partial charge is 0.508 e. The van der Waals surface area contributed by atoms with Crippen LogP contribution in [0.4, 0.5) is 0 Å². The van der Waals surface area contributed by atoms with E-state index in [1.54, 1.807) is 0 Å². The van der Waals surface area contributed by atoms with Gasteiger partial charge in [-0.05, 0) is 60.5 Å². The maximum atomic E-state index is 9.85. The zero-order valence-electron chi connectivity index (χ0n) is 12.3. The Bertz CT molecular complexity index is 484. The van der Waals surface area contributed by atoms with Crippen molar-refractivity contribution in [2.24, 2.45) is 5.92 Å². The number of piperidine rings is 1. The first-order valence-corrected chi connectivity index (χ1v) is 7.66. The number of likely N-dealkylation sites (N-methyl/N-ethyl adjacent to an activating group) is 1. The van der Waals surface area contributed by atoms with Crippen LogP contribution in [-0.4, -0.2) is 29.1 Å². The first-order valence-electron chi connectivity index (χ1n) is 7.66. The summed E-state index contributed by atoms with van der Waals surface area (Å²) >= 11 is 0. The number of phenols is 1. The Morgan fingerprint density at radius 3 is 2.84 bits per heavy atom. The van der Waals surface area contributed by atoms with Gasteiger partial charge < -0.3 is 5.11 Å². The van der Waals surface area contributed by atoms with Gasteiger partial charge in [0.25, 0.3) is 0 Å². The smallest absolute Gasteiger partial charge is 0.115 e. The number of hydrogen-bond donors (Lipinski definition) is 1. The standard InChI is InChI=1S/C17H25NO/c1-4-14-16-10-12-6-7-13(19)11-15(12)17(14,3)8-9-18(16)5-2/h6-7,11,14,16,19H,4-5,8-10H2,1-3H3/t14-,16+,17-/m0/s1. The van der Waals surface area contributed by atoms with Crippen LogP contribution < -0.4 is 0 Å². The van der Waals surface area contributed by atoms with Gasteiger partial charge in [-0.15, -0.1) is 0 Å². The van der Waals surface area contributed by atoms with Crippen molar-refractivity contribution in [2.45, 2.75) is 51.5 Å². The lowest BCUT2D eigenvalue weighted by Gasteiger charge is -2.55. The second-order valence-corrected chi connectivity index (χ2v) is 6.42. The molecule has 1 saturated heterocycles. The maximum Gasteiger partial charge on any atom is 0.115 e. The number of aromatic hydroxyl groups is 1. The summed E-state index contributed by atoms with van der Waals surface area (Å²) in [5, 5.41) is 9.85. The van der Waals surface area contributed by atoms with Gasteiger partial charge in [-0.2, -0.15) is 0 Å². The van der Waals surface area contributed by atoms with Crippen molar-refractivity contribution in [2.75, 3.05) is 13.1 Å². The van der Waals surface area contributed by atoms with Crippen LogP contribution in [0.15, 0.2) is 18.2 Å². The molecule has 2 aliphatic rings. The van der Waals surface area contributed by atoms with Gasteiger partial charge >= 0.3 is 0 Å². The molecule has 0 aromatic heterocycles. The summed E-state index contributed by atoms with van der Waals surface area (Å²) in [4.78, 5) is 2.66. The highest BCUT2D eigenvalue weighted by atomic mass is 16.3. The highest BCUT2D eigenvalue weighted by Gasteiger charge is 2.49. The number of fused-ring (bicyclic) bond motifs is 4. The highest BCUT2D eigenvalue weighted by molar-refractivity contribution is 5.44. The predicted octanol–water partition coefficient (Wildman–Crippen LogP) is 3.33. The number of benzene rings is 1. The van der Waals surface area contributed by atoms with Crippen LogP contribution in [0.25, 0.3) is 0 Å². The molecule has 1 aliphatic heterocycles. The molecule has 1 aromatic carbocycles. The first-order chi connectivity index (χ1) is 9.10. The van der Waals surface area contributed by atoms with Gasteiger partial charge in [-0.3, -0.25) is 4.90 Å². The Morgan fingerprint density at radius 2 is 2.16 bits per heavy atom. The third kappa shape index (κ3) is 1.80. The molecule has 0 unspecified atom stereocenters. The molecule has 3 rings (SSSR count). The summed E-state index contributed by atoms with van der Waals surface area (Å²) in [6.45, 7) is 9.37. The summed E-state index contributed by atoms with van der Waals surface area (Å²) in [6.07, 6.45) is 3.59. The average molecular weight is 259 g/mol. The van der Waals surface area contributed by atoms with Gasteiger partial charge in [-0.25, -0.2) is 0 Å². The molecule has 1 aliphatic carbocycles. The van der Waals surface area contributed by atoms with E-state index in [0.29, 0.717) is 11.8 Å². The monoisotopic (exact) mass is 259 g/mol. The summed E-state index contributed by atoms with van der Waals surface area (Å²) in [5.74, 6) is 1.14. The second kappa shape index (κ2) is 4.52. The molecule has 2 nitrogen and oxygen atoms in total. The molecule has 1 heterocycles. The molecule has 1 N–H and O–H groups in total. The Hall–Kier alpha value is -1.02. The number of rotatable bonds is 2. The second-order valence-electron chi connectivity index (χ2n) is 6.42. The molecule has 19 heavy (non-hydrogen) atoms. The fraction of sp³-hybridized carbons (Fsp3) is 0.647. The molecule has 0 saturated carbocycles. The first kappa shape index (κ1) is 13.0. The molecule has 2 heteroatoms. The van der Waals surface area contributed by atoms with Crippen molar-refractivity contribution in [3.05, 3.63) is 29.3 Å². The van der Waals surface area contributed by atoms with Gasteiger partial charge in [0, 0.05) is 6.04 Å². The van der Waals surface area contributed by atoms with E-state index in [-0.39, 0.29) is 5.41 Å². The third-order valence-electron chi connectivity index (χ3n) is 5.65. The van der Waals surface area contributed by atoms with E-state index in [1.807, 2.05) is 12.1 Å². The average Bonchev–Trinajstić information content (AvgIpc) is 2.40. The minimum atomic E-state index is 0.247. The lowest BCUT2D eigenvalue weighted by molar-refractivity contribution is 0.0233. The third-order valence-corrected chi connectivity index (χ3v) is 5.65. The van der Waals surface area contributed by atoms with E-state index in [1.165, 1.54) is 30.5 Å². The molecular formula is C17H25NO. The van der Waals surface area contributed by atoms with Gasteiger partial charge in [0.15, 0.2) is 0 Å². The van der Waals surface area contributed by atoms with E-state index in [4.69, 9.17) is 0 Å². The SMILES string of the molecule is CC[C@H]1[C@H]2Cc3ccc(O)cc3[C@@]1(C)CCN2CC. The molecule has 104 valence electrons. The van der Waals surface area contributed by atoms with Crippen LogP contribution in [0.1, 0.15) is 44.7 Å². The van der Waals surface area contributed by atoms with E-state index < -0.39 is 0 Å². The van der Waals surface area contributed by atoms with Crippen molar-refractivity contribution in [1.82, 2.24) is 4.90 Å². The van der Waals surface area contributed by atoms with Gasteiger partial charge in [0.2, 0.25) is 0 Å². The zero-order chi connectivity index (χ0) is 13.6. The van der Waals surface area contributed by atoms with Crippen molar-refractivity contribution in [1.29, 1.82) is 0 Å². The number of likely N-dealkylation sites (tertiary alicyclic amines) is 1. The summed E-state index contributed by atoms with van der Waals surface area (Å²) in [6, 6.07) is 6.70. The zero-order valence-corrected chi connectivity index (χ0v) is 12.3. The van der Waals surface area contributed by atoms with E-state index in [0.717, 1.165) is 18.9 Å². The van der Waals surface area contributed by atoms with Crippen LogP contribution in [-0.2, 0) is 11.8 Å². The lowest BCUT2D eigenvalue weighted by Crippen LogP contribution is -2.58. The number of hydrogen-bond acceptors (Lipinski definition) is 2. The van der Waals surface area contributed by atoms with Gasteiger partial charge in [0.05, 0.1) is 0 Å². The lowest BCUT2D eigenvalue weighted by atomic mass is 9.57. The Labute approximate surface area is 116 Å². The number of phenolic OH excluding ortho intramolecular Hbond substituents is 1. The van der Waals surface area contributed by atoms with Crippen LogP contribution in [0, 0.1) is 5.92 Å². The molecule has 1 fully saturated rings. The van der Waals surface area contributed by atoms with Gasteiger partial charge in [-0.1, -0.05) is 33.3 Å². The van der Waals surface area contributed by atoms with Crippen molar-refractivity contribution in [3.63, 3.8) is 0 Å². The van der Waals surface area contributed by atoms with Crippen molar-refractivity contribution < 1.29 is 5.11 Å². The normalized spacial score (nSPS) is 34.1. The summed E-state index contributed by atoms with van der Waals surface area (Å²) < 4.78 is 0. The van der Waals surface area contributed by atoms with E-state index in [9.17, 15) is 5.11 Å². The van der Waals surface area contributed by atoms with Crippen molar-refractivity contribution >= 4 is 0 Å². The van der Waals surface area contributed by atoms with Gasteiger partial charge in [0.1, 0.15) is 5.75 Å².